The van der Waals surface area contributed by atoms with Gasteiger partial charge in [-0.3, -0.25) is 0 Å². The lowest BCUT2D eigenvalue weighted by atomic mass is 9.96. The second-order valence-corrected chi connectivity index (χ2v) is 7.02. The molecule has 3 aromatic carbocycles. The summed E-state index contributed by atoms with van der Waals surface area (Å²) in [6.07, 6.45) is 3.88. The molecule has 0 spiro atoms. The molecule has 0 heterocycles. The molecule has 136 valence electrons. The zero-order valence-electron chi connectivity index (χ0n) is 15.4. The third-order valence-electron chi connectivity index (χ3n) is 5.60. The molecule has 6 nitrogen and oxygen atoms in total. The standard InChI is InChI=1S/C24H10N6/c25-9-13-1-3-15-17-7-18-16-4-2-14(10-26)6-20(16)24(30-12-28)22(18)8-21(17)23(29-11-27)19(15)5-13/h1-8,23,29H/b30-24+. The Morgan fingerprint density at radius 3 is 2.03 bits per heavy atom. The van der Waals surface area contributed by atoms with Crippen molar-refractivity contribution in [1.29, 1.82) is 21.0 Å². The largest absolute Gasteiger partial charge is 0.312 e. The highest BCUT2D eigenvalue weighted by Crippen LogP contribution is 2.49. The second kappa shape index (κ2) is 6.32. The van der Waals surface area contributed by atoms with Crippen LogP contribution >= 0.6 is 0 Å². The Kier molecular flexibility index (Phi) is 3.62. The Hall–Kier alpha value is -4.91. The number of hydrogen-bond donors (Lipinski definition) is 1. The molecule has 2 aliphatic rings. The molecular weight excluding hydrogens is 372 g/mol. The molecule has 30 heavy (non-hydrogen) atoms. The summed E-state index contributed by atoms with van der Waals surface area (Å²) in [6, 6.07) is 18.7. The Morgan fingerprint density at radius 2 is 1.33 bits per heavy atom. The lowest BCUT2D eigenvalue weighted by Crippen LogP contribution is -2.15. The molecule has 1 atom stereocenters. The van der Waals surface area contributed by atoms with Gasteiger partial charge >= 0.3 is 0 Å². The number of aliphatic imine (C=N–C) groups is 1. The SMILES string of the molecule is N#C/N=C1\c2cc(C#N)ccc2-c2cc3c(cc21)C(NC#N)c1cc(C#N)ccc1-3. The molecule has 0 aliphatic heterocycles. The normalized spacial score (nSPS) is 15.6. The zero-order valence-corrected chi connectivity index (χ0v) is 15.4. The minimum Gasteiger partial charge on any atom is -0.312 e. The van der Waals surface area contributed by atoms with E-state index in [1.54, 1.807) is 24.3 Å². The highest BCUT2D eigenvalue weighted by atomic mass is 14.9. The Bertz CT molecular complexity index is 1470. The lowest BCUT2D eigenvalue weighted by molar-refractivity contribution is 0.759. The first-order valence-electron chi connectivity index (χ1n) is 9.09. The van der Waals surface area contributed by atoms with Crippen LogP contribution in [0.3, 0.4) is 0 Å². The number of nitriles is 4. The van der Waals surface area contributed by atoms with Crippen LogP contribution in [0.2, 0.25) is 0 Å². The van der Waals surface area contributed by atoms with Crippen LogP contribution in [0.25, 0.3) is 22.3 Å². The van der Waals surface area contributed by atoms with Crippen LogP contribution in [0.15, 0.2) is 53.5 Å². The van der Waals surface area contributed by atoms with E-state index in [9.17, 15) is 21.0 Å². The molecule has 1 unspecified atom stereocenters. The molecule has 0 amide bonds. The summed E-state index contributed by atoms with van der Waals surface area (Å²) in [6.45, 7) is 0. The molecule has 0 radical (unpaired) electrons. The minimum absolute atomic E-state index is 0.389. The Morgan fingerprint density at radius 1 is 0.667 bits per heavy atom. The first-order chi connectivity index (χ1) is 14.7. The maximum Gasteiger partial charge on any atom is 0.206 e. The van der Waals surface area contributed by atoms with Crippen LogP contribution in [0, 0.1) is 45.6 Å². The molecule has 0 bridgehead atoms. The van der Waals surface area contributed by atoms with Gasteiger partial charge in [0.1, 0.15) is 0 Å². The number of fused-ring (bicyclic) bond motifs is 6. The van der Waals surface area contributed by atoms with Crippen LogP contribution in [-0.2, 0) is 0 Å². The maximum atomic E-state index is 9.31. The van der Waals surface area contributed by atoms with Crippen molar-refractivity contribution >= 4 is 5.71 Å². The number of rotatable bonds is 1. The molecule has 1 N–H and O–H groups in total. The predicted molar refractivity (Wildman–Crippen MR) is 109 cm³/mol. The van der Waals surface area contributed by atoms with E-state index in [-0.39, 0.29) is 6.04 Å². The zero-order chi connectivity index (χ0) is 20.8. The molecular formula is C24H10N6. The number of benzene rings is 3. The van der Waals surface area contributed by atoms with Crippen molar-refractivity contribution in [3.05, 3.63) is 81.9 Å². The predicted octanol–water partition coefficient (Wildman–Crippen LogP) is 3.87. The van der Waals surface area contributed by atoms with Gasteiger partial charge in [-0.1, -0.05) is 12.1 Å². The van der Waals surface area contributed by atoms with Gasteiger partial charge in [-0.2, -0.15) is 26.0 Å². The van der Waals surface area contributed by atoms with E-state index in [1.807, 2.05) is 36.7 Å². The van der Waals surface area contributed by atoms with Gasteiger partial charge in [0, 0.05) is 11.1 Å². The van der Waals surface area contributed by atoms with Crippen molar-refractivity contribution in [3.8, 4) is 46.8 Å². The summed E-state index contributed by atoms with van der Waals surface area (Å²) >= 11 is 0. The van der Waals surface area contributed by atoms with Crippen molar-refractivity contribution in [1.82, 2.24) is 5.32 Å². The Balaban J connectivity index is 1.80. The van der Waals surface area contributed by atoms with Crippen molar-refractivity contribution in [2.45, 2.75) is 6.04 Å². The van der Waals surface area contributed by atoms with Gasteiger partial charge in [0.2, 0.25) is 6.19 Å². The molecule has 3 aromatic rings. The summed E-state index contributed by atoms with van der Waals surface area (Å²) < 4.78 is 0. The number of hydrogen-bond acceptors (Lipinski definition) is 6. The van der Waals surface area contributed by atoms with E-state index in [2.05, 4.69) is 22.4 Å². The van der Waals surface area contributed by atoms with E-state index >= 15 is 0 Å². The van der Waals surface area contributed by atoms with E-state index in [0.29, 0.717) is 16.8 Å². The first kappa shape index (κ1) is 17.2. The monoisotopic (exact) mass is 382 g/mol. The molecule has 5 rings (SSSR count). The van der Waals surface area contributed by atoms with Crippen molar-refractivity contribution in [3.63, 3.8) is 0 Å². The van der Waals surface area contributed by atoms with Crippen molar-refractivity contribution in [2.24, 2.45) is 4.99 Å². The second-order valence-electron chi connectivity index (χ2n) is 7.02. The van der Waals surface area contributed by atoms with Gasteiger partial charge < -0.3 is 5.32 Å². The molecule has 6 heteroatoms. The fourth-order valence-corrected chi connectivity index (χ4v) is 4.37. The van der Waals surface area contributed by atoms with Crippen LogP contribution < -0.4 is 5.32 Å². The quantitative estimate of drug-likeness (QED) is 0.396. The summed E-state index contributed by atoms with van der Waals surface area (Å²) in [5.74, 6) is 0. The van der Waals surface area contributed by atoms with E-state index in [0.717, 1.165) is 44.5 Å². The fourth-order valence-electron chi connectivity index (χ4n) is 4.37. The summed E-state index contributed by atoms with van der Waals surface area (Å²) in [7, 11) is 0. The topological polar surface area (TPSA) is 120 Å². The van der Waals surface area contributed by atoms with E-state index in [4.69, 9.17) is 0 Å². The summed E-state index contributed by atoms with van der Waals surface area (Å²) in [5, 5.41) is 39.9. The van der Waals surface area contributed by atoms with Crippen molar-refractivity contribution in [2.75, 3.05) is 0 Å². The minimum atomic E-state index is -0.389. The first-order valence-corrected chi connectivity index (χ1v) is 9.09. The third kappa shape index (κ3) is 2.23. The van der Waals surface area contributed by atoms with Crippen LogP contribution in [0.1, 0.15) is 39.4 Å². The molecule has 0 saturated heterocycles. The number of nitrogens with one attached hydrogen (secondary N) is 1. The summed E-state index contributed by atoms with van der Waals surface area (Å²) in [5.41, 5.74) is 8.60. The summed E-state index contributed by atoms with van der Waals surface area (Å²) in [4.78, 5) is 4.04. The van der Waals surface area contributed by atoms with E-state index < -0.39 is 0 Å². The van der Waals surface area contributed by atoms with Gasteiger partial charge in [-0.15, -0.1) is 0 Å². The van der Waals surface area contributed by atoms with Crippen LogP contribution in [0.4, 0.5) is 0 Å². The van der Waals surface area contributed by atoms with Gasteiger partial charge in [-0.25, -0.2) is 0 Å². The number of nitrogens with zero attached hydrogens (tertiary/aromatic N) is 5. The maximum absolute atomic E-state index is 9.31. The van der Waals surface area contributed by atoms with Crippen molar-refractivity contribution < 1.29 is 0 Å². The van der Waals surface area contributed by atoms with Gasteiger partial charge in [0.15, 0.2) is 6.19 Å². The van der Waals surface area contributed by atoms with Crippen LogP contribution in [-0.4, -0.2) is 5.71 Å². The highest BCUT2D eigenvalue weighted by molar-refractivity contribution is 6.25. The fraction of sp³-hybridized carbons (Fsp3) is 0.0417. The van der Waals surface area contributed by atoms with Gasteiger partial charge in [0.05, 0.1) is 35.0 Å². The smallest absolute Gasteiger partial charge is 0.206 e. The van der Waals surface area contributed by atoms with Crippen LogP contribution in [0.5, 0.6) is 0 Å². The highest BCUT2D eigenvalue weighted by Gasteiger charge is 2.34. The molecule has 2 aliphatic carbocycles. The Labute approximate surface area is 172 Å². The average molecular weight is 382 g/mol. The molecule has 0 fully saturated rings. The average Bonchev–Trinajstić information content (AvgIpc) is 3.24. The van der Waals surface area contributed by atoms with E-state index in [1.165, 1.54) is 0 Å². The van der Waals surface area contributed by atoms with Gasteiger partial charge in [0.25, 0.3) is 0 Å². The molecule has 0 aromatic heterocycles. The molecule has 0 saturated carbocycles. The lowest BCUT2D eigenvalue weighted by Gasteiger charge is -2.12. The van der Waals surface area contributed by atoms with Gasteiger partial charge in [-0.05, 0) is 69.8 Å². The third-order valence-corrected chi connectivity index (χ3v) is 5.60.